The summed E-state index contributed by atoms with van der Waals surface area (Å²) in [6.45, 7) is 4.70. The van der Waals surface area contributed by atoms with Crippen molar-refractivity contribution in [2.75, 3.05) is 20.1 Å². The summed E-state index contributed by atoms with van der Waals surface area (Å²) in [6, 6.07) is 7.05. The van der Waals surface area contributed by atoms with Crippen LogP contribution in [0.5, 0.6) is 0 Å². The van der Waals surface area contributed by atoms with Gasteiger partial charge in [0.25, 0.3) is 5.91 Å². The summed E-state index contributed by atoms with van der Waals surface area (Å²) < 4.78 is 0. The van der Waals surface area contributed by atoms with E-state index < -0.39 is 0 Å². The Hall–Kier alpha value is -1.49. The fraction of sp³-hybridized carbons (Fsp3) is 0.429. The number of nitrogens with one attached hydrogen (secondary N) is 1. The van der Waals surface area contributed by atoms with Crippen molar-refractivity contribution in [1.29, 1.82) is 0 Å². The summed E-state index contributed by atoms with van der Waals surface area (Å²) >= 11 is 4.24. The Morgan fingerprint density at radius 1 is 1.32 bits per heavy atom. The maximum atomic E-state index is 12.1. The van der Waals surface area contributed by atoms with Gasteiger partial charge < -0.3 is 10.2 Å². The first-order chi connectivity index (χ1) is 8.91. The van der Waals surface area contributed by atoms with Gasteiger partial charge >= 0.3 is 0 Å². The molecule has 0 aliphatic rings. The Morgan fingerprint density at radius 3 is 2.53 bits per heavy atom. The van der Waals surface area contributed by atoms with E-state index in [0.29, 0.717) is 22.9 Å². The number of carbonyl (C=O) groups is 2. The smallest absolute Gasteiger partial charge is 0.255 e. The Kier molecular flexibility index (Phi) is 5.89. The van der Waals surface area contributed by atoms with Crippen molar-refractivity contribution >= 4 is 24.4 Å². The summed E-state index contributed by atoms with van der Waals surface area (Å²) in [5.74, 6) is 0.0367. The fourth-order valence-electron chi connectivity index (χ4n) is 1.52. The van der Waals surface area contributed by atoms with Crippen molar-refractivity contribution in [3.05, 3.63) is 29.8 Å². The molecule has 0 spiro atoms. The molecule has 104 valence electrons. The van der Waals surface area contributed by atoms with Crippen molar-refractivity contribution in [1.82, 2.24) is 10.2 Å². The molecular formula is C14H20N2O2S. The molecule has 0 aliphatic heterocycles. The van der Waals surface area contributed by atoms with E-state index in [1.807, 2.05) is 19.9 Å². The molecule has 1 aromatic carbocycles. The van der Waals surface area contributed by atoms with Gasteiger partial charge in [-0.1, -0.05) is 26.0 Å². The van der Waals surface area contributed by atoms with Crippen molar-refractivity contribution in [2.24, 2.45) is 5.92 Å². The molecule has 0 aromatic heterocycles. The van der Waals surface area contributed by atoms with Crippen LogP contribution < -0.4 is 5.32 Å². The number of hydrogen-bond donors (Lipinski definition) is 2. The van der Waals surface area contributed by atoms with Crippen LogP contribution in [0.25, 0.3) is 0 Å². The highest BCUT2D eigenvalue weighted by atomic mass is 32.1. The topological polar surface area (TPSA) is 49.4 Å². The molecule has 0 radical (unpaired) electrons. The number of nitrogens with zero attached hydrogens (tertiary/aromatic N) is 1. The number of hydrogen-bond acceptors (Lipinski definition) is 3. The van der Waals surface area contributed by atoms with Crippen LogP contribution in [0.2, 0.25) is 0 Å². The summed E-state index contributed by atoms with van der Waals surface area (Å²) in [7, 11) is 1.61. The Morgan fingerprint density at radius 2 is 1.95 bits per heavy atom. The van der Waals surface area contributed by atoms with Gasteiger partial charge in [-0.05, 0) is 18.1 Å². The van der Waals surface area contributed by atoms with E-state index in [-0.39, 0.29) is 18.4 Å². The molecule has 2 amide bonds. The second-order valence-electron chi connectivity index (χ2n) is 4.88. The lowest BCUT2D eigenvalue weighted by atomic mass is 10.2. The molecule has 5 heteroatoms. The normalized spacial score (nSPS) is 10.4. The average molecular weight is 280 g/mol. The highest BCUT2D eigenvalue weighted by Crippen LogP contribution is 2.14. The lowest BCUT2D eigenvalue weighted by Crippen LogP contribution is -2.39. The lowest BCUT2D eigenvalue weighted by Gasteiger charge is -2.18. The molecular weight excluding hydrogens is 260 g/mol. The molecule has 19 heavy (non-hydrogen) atoms. The number of likely N-dealkylation sites (N-methyl/N-ethyl adjacent to an activating group) is 1. The third-order valence-electron chi connectivity index (χ3n) is 2.57. The van der Waals surface area contributed by atoms with E-state index in [2.05, 4.69) is 17.9 Å². The average Bonchev–Trinajstić information content (AvgIpc) is 2.36. The molecule has 1 aromatic rings. The highest BCUT2D eigenvalue weighted by molar-refractivity contribution is 7.80. The van der Waals surface area contributed by atoms with Gasteiger partial charge in [-0.3, -0.25) is 9.59 Å². The van der Waals surface area contributed by atoms with Crippen LogP contribution >= 0.6 is 12.6 Å². The van der Waals surface area contributed by atoms with E-state index in [4.69, 9.17) is 0 Å². The van der Waals surface area contributed by atoms with Gasteiger partial charge in [0.2, 0.25) is 5.91 Å². The standard InChI is InChI=1S/C14H20N2O2S/c1-10(2)8-15-13(17)9-16(3)14(18)11-6-4-5-7-12(11)19/h4-7,10,19H,8-9H2,1-3H3,(H,15,17). The van der Waals surface area contributed by atoms with E-state index in [1.54, 1.807) is 25.2 Å². The van der Waals surface area contributed by atoms with Crippen molar-refractivity contribution < 1.29 is 9.59 Å². The zero-order valence-corrected chi connectivity index (χ0v) is 12.4. The maximum absolute atomic E-state index is 12.1. The molecule has 0 saturated heterocycles. The monoisotopic (exact) mass is 280 g/mol. The molecule has 0 atom stereocenters. The quantitative estimate of drug-likeness (QED) is 0.808. The molecule has 0 aliphatic carbocycles. The van der Waals surface area contributed by atoms with Crippen LogP contribution in [-0.2, 0) is 4.79 Å². The number of amides is 2. The van der Waals surface area contributed by atoms with Gasteiger partial charge in [0.15, 0.2) is 0 Å². The second-order valence-corrected chi connectivity index (χ2v) is 5.36. The van der Waals surface area contributed by atoms with Crippen LogP contribution in [0.4, 0.5) is 0 Å². The summed E-state index contributed by atoms with van der Waals surface area (Å²) in [5, 5.41) is 2.78. The third-order valence-corrected chi connectivity index (χ3v) is 2.96. The summed E-state index contributed by atoms with van der Waals surface area (Å²) in [4.78, 5) is 25.8. The first kappa shape index (κ1) is 15.6. The van der Waals surface area contributed by atoms with Gasteiger partial charge in [0.1, 0.15) is 0 Å². The number of carbonyl (C=O) groups excluding carboxylic acids is 2. The number of benzene rings is 1. The van der Waals surface area contributed by atoms with Crippen LogP contribution in [0.15, 0.2) is 29.2 Å². The number of rotatable bonds is 5. The molecule has 0 saturated carbocycles. The van der Waals surface area contributed by atoms with E-state index in [9.17, 15) is 9.59 Å². The largest absolute Gasteiger partial charge is 0.354 e. The molecule has 0 fully saturated rings. The molecule has 4 nitrogen and oxygen atoms in total. The van der Waals surface area contributed by atoms with Gasteiger partial charge in [-0.15, -0.1) is 12.6 Å². The van der Waals surface area contributed by atoms with E-state index >= 15 is 0 Å². The van der Waals surface area contributed by atoms with Gasteiger partial charge in [-0.2, -0.15) is 0 Å². The molecule has 1 rings (SSSR count). The SMILES string of the molecule is CC(C)CNC(=O)CN(C)C(=O)c1ccccc1S. The van der Waals surface area contributed by atoms with Crippen molar-refractivity contribution in [3.8, 4) is 0 Å². The first-order valence-electron chi connectivity index (χ1n) is 6.22. The van der Waals surface area contributed by atoms with Crippen LogP contribution in [0.3, 0.4) is 0 Å². The fourth-order valence-corrected chi connectivity index (χ4v) is 1.78. The minimum absolute atomic E-state index is 0.0493. The van der Waals surface area contributed by atoms with E-state index in [1.165, 1.54) is 4.90 Å². The van der Waals surface area contributed by atoms with Gasteiger partial charge in [-0.25, -0.2) is 0 Å². The summed E-state index contributed by atoms with van der Waals surface area (Å²) in [6.07, 6.45) is 0. The van der Waals surface area contributed by atoms with Crippen molar-refractivity contribution in [2.45, 2.75) is 18.7 Å². The third kappa shape index (κ3) is 4.95. The van der Waals surface area contributed by atoms with Gasteiger partial charge in [0, 0.05) is 18.5 Å². The molecule has 0 unspecified atom stereocenters. The predicted octanol–water partition coefficient (Wildman–Crippen LogP) is 1.82. The zero-order chi connectivity index (χ0) is 14.4. The Balaban J connectivity index is 2.58. The first-order valence-corrected chi connectivity index (χ1v) is 6.66. The van der Waals surface area contributed by atoms with Crippen LogP contribution in [0, 0.1) is 5.92 Å². The second kappa shape index (κ2) is 7.19. The number of thiol groups is 1. The Labute approximate surface area is 119 Å². The summed E-state index contributed by atoms with van der Waals surface area (Å²) in [5.41, 5.74) is 0.505. The van der Waals surface area contributed by atoms with Crippen LogP contribution in [-0.4, -0.2) is 36.9 Å². The molecule has 0 heterocycles. The molecule has 0 bridgehead atoms. The van der Waals surface area contributed by atoms with Crippen LogP contribution in [0.1, 0.15) is 24.2 Å². The van der Waals surface area contributed by atoms with Crippen molar-refractivity contribution in [3.63, 3.8) is 0 Å². The minimum atomic E-state index is -0.203. The highest BCUT2D eigenvalue weighted by Gasteiger charge is 2.16. The molecule has 1 N–H and O–H groups in total. The maximum Gasteiger partial charge on any atom is 0.255 e. The zero-order valence-electron chi connectivity index (χ0n) is 11.5. The minimum Gasteiger partial charge on any atom is -0.354 e. The Bertz CT molecular complexity index is 461. The predicted molar refractivity (Wildman–Crippen MR) is 78.5 cm³/mol. The lowest BCUT2D eigenvalue weighted by molar-refractivity contribution is -0.121. The van der Waals surface area contributed by atoms with E-state index in [0.717, 1.165) is 0 Å². The van der Waals surface area contributed by atoms with Gasteiger partial charge in [0.05, 0.1) is 12.1 Å².